The second kappa shape index (κ2) is 8.22. The molecule has 0 aliphatic heterocycles. The van der Waals surface area contributed by atoms with E-state index in [2.05, 4.69) is 5.32 Å². The number of rotatable bonds is 5. The van der Waals surface area contributed by atoms with Crippen LogP contribution < -0.4 is 20.6 Å². The Balaban J connectivity index is 1.50. The molecule has 1 amide bonds. The first-order valence-electron chi connectivity index (χ1n) is 10.0. The fraction of sp³-hybridized carbons (Fsp3) is 0.304. The highest BCUT2D eigenvalue weighted by Gasteiger charge is 2.31. The molecule has 1 aromatic heterocycles. The number of hydrogen-bond donors (Lipinski definition) is 1. The van der Waals surface area contributed by atoms with Crippen LogP contribution in [0.15, 0.2) is 45.6 Å². The summed E-state index contributed by atoms with van der Waals surface area (Å²) in [5.74, 6) is -0.312. The molecule has 3 aromatic rings. The van der Waals surface area contributed by atoms with Gasteiger partial charge >= 0.3 is 11.8 Å². The number of benzene rings is 2. The lowest BCUT2D eigenvalue weighted by Crippen LogP contribution is -2.22. The summed E-state index contributed by atoms with van der Waals surface area (Å²) in [7, 11) is 3.32. The van der Waals surface area contributed by atoms with Crippen LogP contribution in [0.2, 0.25) is 0 Å². The van der Waals surface area contributed by atoms with Crippen LogP contribution in [-0.4, -0.2) is 26.6 Å². The first-order valence-corrected chi connectivity index (χ1v) is 10.0. The van der Waals surface area contributed by atoms with Crippen molar-refractivity contribution in [2.75, 3.05) is 30.9 Å². The van der Waals surface area contributed by atoms with Crippen LogP contribution >= 0.6 is 0 Å². The molecule has 1 aliphatic carbocycles. The summed E-state index contributed by atoms with van der Waals surface area (Å²) in [6, 6.07) is 8.14. The van der Waals surface area contributed by atoms with Crippen LogP contribution in [0.3, 0.4) is 0 Å². The van der Waals surface area contributed by atoms with E-state index in [-0.39, 0.29) is 11.3 Å². The van der Waals surface area contributed by atoms with Crippen molar-refractivity contribution in [3.8, 4) is 5.75 Å². The maximum Gasteiger partial charge on any atom is 0.416 e. The standard InChI is InChI=1S/C23H21F3N2O4/c1-28(2)19-9-6-13(23(24,25)26)10-18(19)27-21(29)12-31-14-7-8-16-15-4-3-5-17(15)22(30)32-20(16)11-14/h6-11H,3-5,12H2,1-2H3,(H,27,29). The molecule has 0 saturated heterocycles. The van der Waals surface area contributed by atoms with Gasteiger partial charge in [-0.2, -0.15) is 13.2 Å². The maximum atomic E-state index is 13.1. The highest BCUT2D eigenvalue weighted by atomic mass is 19.4. The van der Waals surface area contributed by atoms with Crippen molar-refractivity contribution >= 4 is 28.3 Å². The molecule has 0 atom stereocenters. The van der Waals surface area contributed by atoms with Crippen molar-refractivity contribution in [2.24, 2.45) is 0 Å². The van der Waals surface area contributed by atoms with Gasteiger partial charge in [0.05, 0.1) is 16.9 Å². The first kappa shape index (κ1) is 21.7. The van der Waals surface area contributed by atoms with Crippen LogP contribution in [-0.2, 0) is 23.8 Å². The number of nitrogens with zero attached hydrogens (tertiary/aromatic N) is 1. The molecular formula is C23H21F3N2O4. The van der Waals surface area contributed by atoms with Crippen molar-refractivity contribution in [1.82, 2.24) is 0 Å². The van der Waals surface area contributed by atoms with Gasteiger partial charge in [0.15, 0.2) is 6.61 Å². The van der Waals surface area contributed by atoms with Gasteiger partial charge in [0.25, 0.3) is 5.91 Å². The number of carbonyl (C=O) groups is 1. The van der Waals surface area contributed by atoms with Crippen molar-refractivity contribution in [1.29, 1.82) is 0 Å². The number of hydrogen-bond acceptors (Lipinski definition) is 5. The van der Waals surface area contributed by atoms with Gasteiger partial charge in [-0.1, -0.05) is 0 Å². The Hall–Kier alpha value is -3.49. The molecule has 2 aromatic carbocycles. The number of alkyl halides is 3. The lowest BCUT2D eigenvalue weighted by atomic mass is 10.1. The van der Waals surface area contributed by atoms with Gasteiger partial charge in [-0.3, -0.25) is 4.79 Å². The molecule has 4 rings (SSSR count). The maximum absolute atomic E-state index is 13.1. The minimum atomic E-state index is -4.53. The van der Waals surface area contributed by atoms with Crippen LogP contribution in [0.1, 0.15) is 23.1 Å². The number of amides is 1. The van der Waals surface area contributed by atoms with E-state index in [0.717, 1.165) is 35.9 Å². The number of halogens is 3. The van der Waals surface area contributed by atoms with E-state index in [0.29, 0.717) is 29.0 Å². The van der Waals surface area contributed by atoms with Crippen LogP contribution in [0.5, 0.6) is 5.75 Å². The number of fused-ring (bicyclic) bond motifs is 3. The Labute approximate surface area is 181 Å². The molecule has 0 bridgehead atoms. The Morgan fingerprint density at radius 3 is 2.59 bits per heavy atom. The molecule has 168 valence electrons. The normalized spacial score (nSPS) is 13.2. The minimum Gasteiger partial charge on any atom is -0.484 e. The van der Waals surface area contributed by atoms with E-state index >= 15 is 0 Å². The Kier molecular flexibility index (Phi) is 5.58. The summed E-state index contributed by atoms with van der Waals surface area (Å²) < 4.78 is 50.1. The molecule has 0 spiro atoms. The van der Waals surface area contributed by atoms with E-state index in [1.165, 1.54) is 12.1 Å². The topological polar surface area (TPSA) is 71.8 Å². The van der Waals surface area contributed by atoms with Gasteiger partial charge in [-0.05, 0) is 55.2 Å². The zero-order valence-corrected chi connectivity index (χ0v) is 17.5. The highest BCUT2D eigenvalue weighted by molar-refractivity contribution is 5.95. The van der Waals surface area contributed by atoms with Crippen molar-refractivity contribution in [3.63, 3.8) is 0 Å². The minimum absolute atomic E-state index is 0.0264. The van der Waals surface area contributed by atoms with E-state index in [4.69, 9.17) is 9.15 Å². The smallest absolute Gasteiger partial charge is 0.416 e. The summed E-state index contributed by atoms with van der Waals surface area (Å²) in [5.41, 5.74) is 1.30. The number of aryl methyl sites for hydroxylation is 1. The van der Waals surface area contributed by atoms with Crippen molar-refractivity contribution < 1.29 is 27.1 Å². The van der Waals surface area contributed by atoms with Gasteiger partial charge < -0.3 is 19.4 Å². The average molecular weight is 446 g/mol. The highest BCUT2D eigenvalue weighted by Crippen LogP contribution is 2.35. The number of ether oxygens (including phenoxy) is 1. The summed E-state index contributed by atoms with van der Waals surface area (Å²) in [6.45, 7) is -0.427. The number of nitrogens with one attached hydrogen (secondary N) is 1. The van der Waals surface area contributed by atoms with Crippen LogP contribution in [0.4, 0.5) is 24.5 Å². The number of anilines is 2. The third-order valence-electron chi connectivity index (χ3n) is 5.39. The fourth-order valence-electron chi connectivity index (χ4n) is 3.89. The lowest BCUT2D eigenvalue weighted by molar-refractivity contribution is -0.137. The van der Waals surface area contributed by atoms with E-state index in [1.54, 1.807) is 31.1 Å². The van der Waals surface area contributed by atoms with Gasteiger partial charge in [0.1, 0.15) is 11.3 Å². The average Bonchev–Trinajstić information content (AvgIpc) is 3.22. The fourth-order valence-corrected chi connectivity index (χ4v) is 3.89. The summed E-state index contributed by atoms with van der Waals surface area (Å²) in [5, 5.41) is 3.32. The largest absolute Gasteiger partial charge is 0.484 e. The Morgan fingerprint density at radius 2 is 1.88 bits per heavy atom. The van der Waals surface area contributed by atoms with Crippen LogP contribution in [0, 0.1) is 0 Å². The molecule has 32 heavy (non-hydrogen) atoms. The predicted molar refractivity (Wildman–Crippen MR) is 114 cm³/mol. The summed E-state index contributed by atoms with van der Waals surface area (Å²) >= 11 is 0. The van der Waals surface area contributed by atoms with Gasteiger partial charge in [-0.25, -0.2) is 4.79 Å². The Bertz CT molecular complexity index is 1250. The molecule has 1 heterocycles. The molecule has 1 N–H and O–H groups in total. The molecular weight excluding hydrogens is 425 g/mol. The Morgan fingerprint density at radius 1 is 1.12 bits per heavy atom. The molecule has 0 unspecified atom stereocenters. The third-order valence-corrected chi connectivity index (χ3v) is 5.39. The molecule has 1 aliphatic rings. The van der Waals surface area contributed by atoms with Gasteiger partial charge in [0, 0.05) is 31.1 Å². The number of carbonyl (C=O) groups excluding carboxylic acids is 1. The third kappa shape index (κ3) is 4.28. The summed E-state index contributed by atoms with van der Waals surface area (Å²) in [4.78, 5) is 26.1. The molecule has 0 radical (unpaired) electrons. The zero-order chi connectivity index (χ0) is 23.0. The zero-order valence-electron chi connectivity index (χ0n) is 17.5. The quantitative estimate of drug-likeness (QED) is 0.589. The SMILES string of the molecule is CN(C)c1ccc(C(F)(F)F)cc1NC(=O)COc1ccc2c3c(c(=O)oc2c1)CCC3. The lowest BCUT2D eigenvalue weighted by Gasteiger charge is -2.20. The second-order valence-corrected chi connectivity index (χ2v) is 7.82. The predicted octanol–water partition coefficient (Wildman–Crippen LogP) is 4.38. The van der Waals surface area contributed by atoms with E-state index < -0.39 is 24.3 Å². The molecule has 0 fully saturated rings. The first-order chi connectivity index (χ1) is 15.1. The molecule has 0 saturated carbocycles. The monoisotopic (exact) mass is 446 g/mol. The second-order valence-electron chi connectivity index (χ2n) is 7.82. The van der Waals surface area contributed by atoms with Gasteiger partial charge in [0.2, 0.25) is 0 Å². The van der Waals surface area contributed by atoms with Crippen LogP contribution in [0.25, 0.3) is 11.0 Å². The van der Waals surface area contributed by atoms with E-state index in [1.807, 2.05) is 0 Å². The molecule has 6 nitrogen and oxygen atoms in total. The van der Waals surface area contributed by atoms with Gasteiger partial charge in [-0.15, -0.1) is 0 Å². The van der Waals surface area contributed by atoms with Crippen molar-refractivity contribution in [3.05, 3.63) is 63.5 Å². The van der Waals surface area contributed by atoms with Crippen molar-refractivity contribution in [2.45, 2.75) is 25.4 Å². The molecule has 9 heteroatoms. The van der Waals surface area contributed by atoms with E-state index in [9.17, 15) is 22.8 Å². The summed E-state index contributed by atoms with van der Waals surface area (Å²) in [6.07, 6.45) is -2.11.